The molecule has 0 spiro atoms. The SMILES string of the molecule is CCCn1c(-c2ccccc2)c(CC(=O)N(Cc2ccncc2)C(C)C)c2ccccc21. The van der Waals surface area contributed by atoms with Crippen molar-refractivity contribution in [3.63, 3.8) is 0 Å². The molecule has 4 nitrogen and oxygen atoms in total. The number of aryl methyl sites for hydroxylation is 1. The van der Waals surface area contributed by atoms with Gasteiger partial charge in [0.1, 0.15) is 0 Å². The van der Waals surface area contributed by atoms with Gasteiger partial charge in [0, 0.05) is 42.4 Å². The number of pyridine rings is 1. The lowest BCUT2D eigenvalue weighted by molar-refractivity contribution is -0.132. The number of fused-ring (bicyclic) bond motifs is 1. The second kappa shape index (κ2) is 9.82. The number of benzene rings is 2. The van der Waals surface area contributed by atoms with Gasteiger partial charge >= 0.3 is 0 Å². The van der Waals surface area contributed by atoms with E-state index in [-0.39, 0.29) is 11.9 Å². The second-order valence-corrected chi connectivity index (χ2v) is 8.51. The Labute approximate surface area is 190 Å². The van der Waals surface area contributed by atoms with Crippen molar-refractivity contribution in [1.82, 2.24) is 14.5 Å². The highest BCUT2D eigenvalue weighted by Gasteiger charge is 2.24. The maximum atomic E-state index is 13.7. The first-order chi connectivity index (χ1) is 15.6. The van der Waals surface area contributed by atoms with Crippen LogP contribution in [0, 0.1) is 0 Å². The molecular formula is C28H31N3O. The highest BCUT2D eigenvalue weighted by molar-refractivity contribution is 5.96. The Morgan fingerprint density at radius 1 is 0.969 bits per heavy atom. The van der Waals surface area contributed by atoms with Crippen molar-refractivity contribution in [2.45, 2.75) is 52.7 Å². The molecule has 1 amide bonds. The molecule has 2 aromatic carbocycles. The molecule has 4 rings (SSSR count). The van der Waals surface area contributed by atoms with Gasteiger partial charge in [0.05, 0.1) is 12.1 Å². The number of aromatic nitrogens is 2. The van der Waals surface area contributed by atoms with Crippen LogP contribution >= 0.6 is 0 Å². The number of para-hydroxylation sites is 1. The van der Waals surface area contributed by atoms with Crippen molar-refractivity contribution < 1.29 is 4.79 Å². The van der Waals surface area contributed by atoms with E-state index in [0.29, 0.717) is 13.0 Å². The summed E-state index contributed by atoms with van der Waals surface area (Å²) in [6, 6.07) is 23.0. The van der Waals surface area contributed by atoms with Crippen LogP contribution in [0.3, 0.4) is 0 Å². The van der Waals surface area contributed by atoms with Gasteiger partial charge in [-0.3, -0.25) is 9.78 Å². The van der Waals surface area contributed by atoms with Gasteiger partial charge in [-0.2, -0.15) is 0 Å². The molecule has 0 saturated carbocycles. The molecule has 0 aliphatic heterocycles. The van der Waals surface area contributed by atoms with Gasteiger partial charge in [0.2, 0.25) is 5.91 Å². The van der Waals surface area contributed by atoms with E-state index in [2.05, 4.69) is 78.9 Å². The molecule has 2 heterocycles. The van der Waals surface area contributed by atoms with Crippen LogP contribution in [-0.2, 0) is 24.3 Å². The number of rotatable bonds is 8. The lowest BCUT2D eigenvalue weighted by Gasteiger charge is -2.27. The Bertz CT molecular complexity index is 1180. The molecule has 0 fully saturated rings. The molecule has 0 atom stereocenters. The van der Waals surface area contributed by atoms with E-state index >= 15 is 0 Å². The third kappa shape index (κ3) is 4.45. The van der Waals surface area contributed by atoms with E-state index in [1.165, 1.54) is 10.9 Å². The van der Waals surface area contributed by atoms with Crippen LogP contribution in [0.4, 0.5) is 0 Å². The minimum atomic E-state index is 0.111. The smallest absolute Gasteiger partial charge is 0.227 e. The van der Waals surface area contributed by atoms with Crippen LogP contribution in [-0.4, -0.2) is 26.4 Å². The summed E-state index contributed by atoms with van der Waals surface area (Å²) in [7, 11) is 0. The lowest BCUT2D eigenvalue weighted by atomic mass is 10.0. The molecule has 4 aromatic rings. The van der Waals surface area contributed by atoms with Gasteiger partial charge in [0.15, 0.2) is 0 Å². The molecule has 0 bridgehead atoms. The van der Waals surface area contributed by atoms with Crippen LogP contribution in [0.5, 0.6) is 0 Å². The number of hydrogen-bond donors (Lipinski definition) is 0. The van der Waals surface area contributed by atoms with Gasteiger partial charge in [0.25, 0.3) is 0 Å². The zero-order valence-corrected chi connectivity index (χ0v) is 19.2. The van der Waals surface area contributed by atoms with Crippen LogP contribution in [0.2, 0.25) is 0 Å². The summed E-state index contributed by atoms with van der Waals surface area (Å²) in [4.78, 5) is 19.7. The molecule has 0 radical (unpaired) electrons. The molecule has 0 N–H and O–H groups in total. The molecule has 0 aliphatic carbocycles. The zero-order valence-electron chi connectivity index (χ0n) is 19.2. The van der Waals surface area contributed by atoms with Crippen molar-refractivity contribution >= 4 is 16.8 Å². The fourth-order valence-corrected chi connectivity index (χ4v) is 4.43. The number of nitrogens with zero attached hydrogens (tertiary/aromatic N) is 3. The molecular weight excluding hydrogens is 394 g/mol. The molecule has 164 valence electrons. The molecule has 0 aliphatic rings. The first kappa shape index (κ1) is 21.8. The minimum Gasteiger partial charge on any atom is -0.340 e. The summed E-state index contributed by atoms with van der Waals surface area (Å²) >= 11 is 0. The molecule has 4 heteroatoms. The highest BCUT2D eigenvalue weighted by Crippen LogP contribution is 2.35. The predicted octanol–water partition coefficient (Wildman–Crippen LogP) is 6.09. The molecule has 2 aromatic heterocycles. The highest BCUT2D eigenvalue weighted by atomic mass is 16.2. The Morgan fingerprint density at radius 2 is 1.66 bits per heavy atom. The summed E-state index contributed by atoms with van der Waals surface area (Å²) < 4.78 is 2.38. The summed E-state index contributed by atoms with van der Waals surface area (Å²) in [6.07, 6.45) is 4.98. The first-order valence-electron chi connectivity index (χ1n) is 11.4. The van der Waals surface area contributed by atoms with Crippen molar-refractivity contribution in [2.75, 3.05) is 0 Å². The first-order valence-corrected chi connectivity index (χ1v) is 11.4. The fourth-order valence-electron chi connectivity index (χ4n) is 4.43. The largest absolute Gasteiger partial charge is 0.340 e. The van der Waals surface area contributed by atoms with Gasteiger partial charge in [-0.1, -0.05) is 55.5 Å². The summed E-state index contributed by atoms with van der Waals surface area (Å²) in [5.74, 6) is 0.147. The lowest BCUT2D eigenvalue weighted by Crippen LogP contribution is -2.37. The number of carbonyl (C=O) groups excluding carboxylic acids is 1. The predicted molar refractivity (Wildman–Crippen MR) is 131 cm³/mol. The number of carbonyl (C=O) groups is 1. The van der Waals surface area contributed by atoms with Crippen LogP contribution < -0.4 is 0 Å². The van der Waals surface area contributed by atoms with Gasteiger partial charge in [-0.15, -0.1) is 0 Å². The van der Waals surface area contributed by atoms with Crippen LogP contribution in [0.1, 0.15) is 38.3 Å². The van der Waals surface area contributed by atoms with E-state index in [1.54, 1.807) is 12.4 Å². The number of hydrogen-bond acceptors (Lipinski definition) is 2. The Balaban J connectivity index is 1.78. The standard InChI is InChI=1S/C28H31N3O/c1-4-18-30-26-13-9-8-12-24(26)25(28(30)23-10-6-5-7-11-23)19-27(32)31(21(2)3)20-22-14-16-29-17-15-22/h5-17,21H,4,18-20H2,1-3H3. The Morgan fingerprint density at radius 3 is 2.34 bits per heavy atom. The molecule has 0 unspecified atom stereocenters. The van der Waals surface area contributed by atoms with Gasteiger partial charge in [-0.25, -0.2) is 0 Å². The Hall–Kier alpha value is -3.40. The molecule has 32 heavy (non-hydrogen) atoms. The van der Waals surface area contributed by atoms with E-state index in [9.17, 15) is 4.79 Å². The van der Waals surface area contributed by atoms with E-state index in [1.807, 2.05) is 23.1 Å². The number of amides is 1. The van der Waals surface area contributed by atoms with Crippen molar-refractivity contribution in [3.8, 4) is 11.3 Å². The fraction of sp³-hybridized carbons (Fsp3) is 0.286. The second-order valence-electron chi connectivity index (χ2n) is 8.51. The normalized spacial score (nSPS) is 11.2. The van der Waals surface area contributed by atoms with Crippen molar-refractivity contribution in [2.24, 2.45) is 0 Å². The maximum absolute atomic E-state index is 13.7. The Kier molecular flexibility index (Phi) is 6.69. The van der Waals surface area contributed by atoms with Gasteiger partial charge in [-0.05, 0) is 55.2 Å². The summed E-state index contributed by atoms with van der Waals surface area (Å²) in [5.41, 5.74) is 5.73. The van der Waals surface area contributed by atoms with E-state index in [4.69, 9.17) is 0 Å². The zero-order chi connectivity index (χ0) is 22.5. The summed E-state index contributed by atoms with van der Waals surface area (Å²) in [5, 5.41) is 1.17. The monoisotopic (exact) mass is 425 g/mol. The van der Waals surface area contributed by atoms with Crippen LogP contribution in [0.25, 0.3) is 22.2 Å². The third-order valence-electron chi connectivity index (χ3n) is 5.94. The quantitative estimate of drug-likeness (QED) is 0.342. The van der Waals surface area contributed by atoms with E-state index < -0.39 is 0 Å². The minimum absolute atomic E-state index is 0.111. The van der Waals surface area contributed by atoms with Crippen molar-refractivity contribution in [1.29, 1.82) is 0 Å². The average Bonchev–Trinajstić information content (AvgIpc) is 3.12. The van der Waals surface area contributed by atoms with Crippen LogP contribution in [0.15, 0.2) is 79.1 Å². The average molecular weight is 426 g/mol. The third-order valence-corrected chi connectivity index (χ3v) is 5.94. The topological polar surface area (TPSA) is 38.1 Å². The van der Waals surface area contributed by atoms with E-state index in [0.717, 1.165) is 35.3 Å². The summed E-state index contributed by atoms with van der Waals surface area (Å²) in [6.45, 7) is 7.87. The van der Waals surface area contributed by atoms with Crippen molar-refractivity contribution in [3.05, 3.63) is 90.3 Å². The van der Waals surface area contributed by atoms with Gasteiger partial charge < -0.3 is 9.47 Å². The molecule has 0 saturated heterocycles. The maximum Gasteiger partial charge on any atom is 0.227 e.